The van der Waals surface area contributed by atoms with Crippen molar-refractivity contribution in [1.82, 2.24) is 9.55 Å². The van der Waals surface area contributed by atoms with Crippen LogP contribution in [-0.4, -0.2) is 14.7 Å². The summed E-state index contributed by atoms with van der Waals surface area (Å²) in [6.45, 7) is 2.52. The molecule has 4 heteroatoms. The molecule has 0 spiro atoms. The fraction of sp³-hybridized carbons (Fsp3) is 0.286. The van der Waals surface area contributed by atoms with Gasteiger partial charge in [0.05, 0.1) is 24.3 Å². The number of aromatic nitrogens is 2. The van der Waals surface area contributed by atoms with E-state index in [0.717, 1.165) is 17.8 Å². The average Bonchev–Trinajstić information content (AvgIpc) is 2.86. The third-order valence-electron chi connectivity index (χ3n) is 2.91. The van der Waals surface area contributed by atoms with E-state index < -0.39 is 6.10 Å². The molecule has 1 aromatic carbocycles. The van der Waals surface area contributed by atoms with Gasteiger partial charge in [0.25, 0.3) is 0 Å². The molecule has 2 aromatic rings. The first-order valence-electron chi connectivity index (χ1n) is 5.92. The molecule has 0 aliphatic heterocycles. The molecule has 92 valence electrons. The summed E-state index contributed by atoms with van der Waals surface area (Å²) in [5.74, 6) is 0.961. The van der Waals surface area contributed by atoms with Gasteiger partial charge in [-0.15, -0.1) is 0 Å². The van der Waals surface area contributed by atoms with E-state index in [1.807, 2.05) is 17.7 Å². The van der Waals surface area contributed by atoms with Crippen LogP contribution in [0, 0.1) is 11.3 Å². The lowest BCUT2D eigenvalue weighted by Gasteiger charge is -2.13. The van der Waals surface area contributed by atoms with E-state index in [-0.39, 0.29) is 0 Å². The van der Waals surface area contributed by atoms with Crippen LogP contribution in [0.4, 0.5) is 0 Å². The van der Waals surface area contributed by atoms with Crippen molar-refractivity contribution < 1.29 is 5.11 Å². The van der Waals surface area contributed by atoms with E-state index in [4.69, 9.17) is 5.26 Å². The second-order valence-electron chi connectivity index (χ2n) is 4.10. The molecule has 2 rings (SSSR count). The Morgan fingerprint density at radius 2 is 2.11 bits per heavy atom. The van der Waals surface area contributed by atoms with Crippen LogP contribution in [0.3, 0.4) is 0 Å². The molecule has 0 radical (unpaired) electrons. The first-order valence-corrected chi connectivity index (χ1v) is 5.92. The molecular weight excluding hydrogens is 226 g/mol. The third kappa shape index (κ3) is 2.58. The predicted molar refractivity (Wildman–Crippen MR) is 67.7 cm³/mol. The van der Waals surface area contributed by atoms with Crippen molar-refractivity contribution in [3.05, 3.63) is 53.6 Å². The highest BCUT2D eigenvalue weighted by atomic mass is 16.3. The third-order valence-corrected chi connectivity index (χ3v) is 2.91. The van der Waals surface area contributed by atoms with Gasteiger partial charge in [-0.2, -0.15) is 5.26 Å². The van der Waals surface area contributed by atoms with E-state index in [1.54, 1.807) is 30.5 Å². The normalized spacial score (nSPS) is 12.1. The summed E-state index contributed by atoms with van der Waals surface area (Å²) in [5.41, 5.74) is 1.41. The minimum Gasteiger partial charge on any atom is -0.387 e. The van der Waals surface area contributed by atoms with Gasteiger partial charge in [-0.05, 0) is 17.7 Å². The van der Waals surface area contributed by atoms with Gasteiger partial charge >= 0.3 is 0 Å². The molecule has 0 fully saturated rings. The lowest BCUT2D eigenvalue weighted by atomic mass is 10.1. The van der Waals surface area contributed by atoms with E-state index in [1.165, 1.54) is 0 Å². The summed E-state index contributed by atoms with van der Waals surface area (Å²) in [7, 11) is 0. The molecule has 0 saturated carbocycles. The lowest BCUT2D eigenvalue weighted by molar-refractivity contribution is 0.155. The van der Waals surface area contributed by atoms with Gasteiger partial charge in [-0.1, -0.05) is 19.1 Å². The number of aryl methyl sites for hydroxylation is 1. The smallest absolute Gasteiger partial charge is 0.108 e. The van der Waals surface area contributed by atoms with Crippen molar-refractivity contribution in [3.8, 4) is 6.07 Å². The second-order valence-corrected chi connectivity index (χ2v) is 4.10. The second kappa shape index (κ2) is 5.48. The summed E-state index contributed by atoms with van der Waals surface area (Å²) in [6.07, 6.45) is 3.86. The monoisotopic (exact) mass is 241 g/mol. The Kier molecular flexibility index (Phi) is 3.75. The van der Waals surface area contributed by atoms with Crippen LogP contribution in [0.5, 0.6) is 0 Å². The topological polar surface area (TPSA) is 61.8 Å². The standard InChI is InChI=1S/C14H15N3O/c1-2-14-16-7-8-17(14)10-13(18)12-5-3-11(9-15)4-6-12/h3-8,13,18H,2,10H2,1H3. The van der Waals surface area contributed by atoms with Crippen molar-refractivity contribution in [2.45, 2.75) is 26.0 Å². The highest BCUT2D eigenvalue weighted by Gasteiger charge is 2.10. The maximum Gasteiger partial charge on any atom is 0.108 e. The highest BCUT2D eigenvalue weighted by Crippen LogP contribution is 2.16. The minimum absolute atomic E-state index is 0.481. The molecule has 0 saturated heterocycles. The summed E-state index contributed by atoms with van der Waals surface area (Å²) < 4.78 is 1.95. The molecule has 1 aromatic heterocycles. The van der Waals surface area contributed by atoms with Gasteiger partial charge in [-0.3, -0.25) is 0 Å². The van der Waals surface area contributed by atoms with Crippen LogP contribution in [0.15, 0.2) is 36.7 Å². The van der Waals surface area contributed by atoms with Crippen LogP contribution < -0.4 is 0 Å². The molecule has 0 aliphatic rings. The maximum absolute atomic E-state index is 10.1. The zero-order valence-electron chi connectivity index (χ0n) is 10.2. The van der Waals surface area contributed by atoms with Gasteiger partial charge in [0.15, 0.2) is 0 Å². The molecule has 1 atom stereocenters. The lowest BCUT2D eigenvalue weighted by Crippen LogP contribution is -2.10. The molecule has 0 bridgehead atoms. The summed E-state index contributed by atoms with van der Waals surface area (Å²) in [5, 5.41) is 18.9. The number of aliphatic hydroxyl groups excluding tert-OH is 1. The van der Waals surface area contributed by atoms with Crippen LogP contribution in [0.1, 0.15) is 30.0 Å². The zero-order chi connectivity index (χ0) is 13.0. The average molecular weight is 241 g/mol. The number of aliphatic hydroxyl groups is 1. The number of nitrogens with zero attached hydrogens (tertiary/aromatic N) is 3. The SMILES string of the molecule is CCc1nccn1CC(O)c1ccc(C#N)cc1. The summed E-state index contributed by atoms with van der Waals surface area (Å²) in [4.78, 5) is 4.22. The Morgan fingerprint density at radius 3 is 2.72 bits per heavy atom. The minimum atomic E-state index is -0.586. The number of hydrogen-bond donors (Lipinski definition) is 1. The predicted octanol–water partition coefficient (Wildman–Crippen LogP) is 2.05. The fourth-order valence-corrected chi connectivity index (χ4v) is 1.89. The fourth-order valence-electron chi connectivity index (χ4n) is 1.89. The van der Waals surface area contributed by atoms with E-state index in [0.29, 0.717) is 12.1 Å². The van der Waals surface area contributed by atoms with E-state index >= 15 is 0 Å². The Balaban J connectivity index is 2.12. The van der Waals surface area contributed by atoms with Crippen LogP contribution in [0.2, 0.25) is 0 Å². The zero-order valence-corrected chi connectivity index (χ0v) is 10.2. The van der Waals surface area contributed by atoms with Crippen LogP contribution in [0.25, 0.3) is 0 Å². The van der Waals surface area contributed by atoms with Gasteiger partial charge in [-0.25, -0.2) is 4.98 Å². The van der Waals surface area contributed by atoms with Gasteiger partial charge < -0.3 is 9.67 Å². The van der Waals surface area contributed by atoms with Crippen LogP contribution >= 0.6 is 0 Å². The van der Waals surface area contributed by atoms with Gasteiger partial charge in [0, 0.05) is 18.8 Å². The largest absolute Gasteiger partial charge is 0.387 e. The Morgan fingerprint density at radius 1 is 1.39 bits per heavy atom. The van der Waals surface area contributed by atoms with Crippen molar-refractivity contribution in [1.29, 1.82) is 5.26 Å². The number of imidazole rings is 1. The van der Waals surface area contributed by atoms with E-state index in [2.05, 4.69) is 11.1 Å². The van der Waals surface area contributed by atoms with Crippen molar-refractivity contribution >= 4 is 0 Å². The number of nitriles is 1. The molecule has 0 amide bonds. The Labute approximate surface area is 106 Å². The first kappa shape index (κ1) is 12.3. The van der Waals surface area contributed by atoms with Gasteiger partial charge in [0.2, 0.25) is 0 Å². The Bertz CT molecular complexity index is 551. The summed E-state index contributed by atoms with van der Waals surface area (Å²) >= 11 is 0. The molecule has 1 unspecified atom stereocenters. The highest BCUT2D eigenvalue weighted by molar-refractivity contribution is 5.32. The molecule has 18 heavy (non-hydrogen) atoms. The first-order chi connectivity index (χ1) is 8.74. The van der Waals surface area contributed by atoms with Crippen molar-refractivity contribution in [3.63, 3.8) is 0 Å². The summed E-state index contributed by atoms with van der Waals surface area (Å²) in [6, 6.07) is 9.06. The number of rotatable bonds is 4. The number of hydrogen-bond acceptors (Lipinski definition) is 3. The quantitative estimate of drug-likeness (QED) is 0.891. The van der Waals surface area contributed by atoms with Crippen molar-refractivity contribution in [2.75, 3.05) is 0 Å². The molecule has 4 nitrogen and oxygen atoms in total. The molecular formula is C14H15N3O. The van der Waals surface area contributed by atoms with E-state index in [9.17, 15) is 5.11 Å². The number of benzene rings is 1. The Hall–Kier alpha value is -2.12. The van der Waals surface area contributed by atoms with Crippen molar-refractivity contribution in [2.24, 2.45) is 0 Å². The molecule has 1 heterocycles. The maximum atomic E-state index is 10.1. The van der Waals surface area contributed by atoms with Gasteiger partial charge in [0.1, 0.15) is 5.82 Å². The van der Waals surface area contributed by atoms with Crippen LogP contribution in [-0.2, 0) is 13.0 Å². The molecule has 0 aliphatic carbocycles. The molecule has 1 N–H and O–H groups in total.